The second kappa shape index (κ2) is 9.68. The third-order valence-electron chi connectivity index (χ3n) is 4.73. The standard InChI is InChI=1S/C21H24N4O4/c1-16(29-22-15-17-6-5-7-20(14-17)25(27)28)21(26)23-18-8-10-19(11-9-18)24-12-3-2-4-13-24/h5-11,14-16H,2-4,12-13H2,1H3,(H,23,26)/b22-15+. The number of oxime groups is 1. The highest BCUT2D eigenvalue weighted by atomic mass is 16.6. The van der Waals surface area contributed by atoms with E-state index in [2.05, 4.69) is 15.4 Å². The van der Waals surface area contributed by atoms with Crippen molar-refractivity contribution in [1.29, 1.82) is 0 Å². The normalized spacial score (nSPS) is 15.1. The van der Waals surface area contributed by atoms with E-state index in [4.69, 9.17) is 4.84 Å². The van der Waals surface area contributed by atoms with Crippen LogP contribution in [0.15, 0.2) is 53.7 Å². The molecule has 2 aromatic carbocycles. The van der Waals surface area contributed by atoms with Crippen molar-refractivity contribution in [3.63, 3.8) is 0 Å². The summed E-state index contributed by atoms with van der Waals surface area (Å²) in [7, 11) is 0. The summed E-state index contributed by atoms with van der Waals surface area (Å²) in [6.45, 7) is 3.72. The summed E-state index contributed by atoms with van der Waals surface area (Å²) in [5.41, 5.74) is 2.33. The summed E-state index contributed by atoms with van der Waals surface area (Å²) in [4.78, 5) is 30.1. The van der Waals surface area contributed by atoms with Gasteiger partial charge in [-0.3, -0.25) is 14.9 Å². The van der Waals surface area contributed by atoms with E-state index in [0.717, 1.165) is 18.8 Å². The van der Waals surface area contributed by atoms with Gasteiger partial charge in [0.2, 0.25) is 6.10 Å². The third kappa shape index (κ3) is 5.78. The molecule has 0 spiro atoms. The summed E-state index contributed by atoms with van der Waals surface area (Å²) in [5.74, 6) is -0.327. The Bertz CT molecular complexity index is 877. The molecule has 1 atom stereocenters. The lowest BCUT2D eigenvalue weighted by molar-refractivity contribution is -0.384. The fourth-order valence-corrected chi connectivity index (χ4v) is 3.10. The summed E-state index contributed by atoms with van der Waals surface area (Å²) >= 11 is 0. The molecular formula is C21H24N4O4. The van der Waals surface area contributed by atoms with Crippen molar-refractivity contribution in [2.45, 2.75) is 32.3 Å². The number of hydrogen-bond donors (Lipinski definition) is 1. The quantitative estimate of drug-likeness (QED) is 0.434. The molecule has 0 aromatic heterocycles. The van der Waals surface area contributed by atoms with Gasteiger partial charge in [0.1, 0.15) is 0 Å². The first-order valence-electron chi connectivity index (χ1n) is 9.62. The number of amides is 1. The summed E-state index contributed by atoms with van der Waals surface area (Å²) in [6.07, 6.45) is 4.23. The number of nitro groups is 1. The summed E-state index contributed by atoms with van der Waals surface area (Å²) in [6, 6.07) is 13.8. The van der Waals surface area contributed by atoms with Gasteiger partial charge >= 0.3 is 0 Å². The van der Waals surface area contributed by atoms with Crippen molar-refractivity contribution in [1.82, 2.24) is 0 Å². The molecule has 1 aliphatic rings. The van der Waals surface area contributed by atoms with Crippen LogP contribution in [0.2, 0.25) is 0 Å². The zero-order valence-corrected chi connectivity index (χ0v) is 16.3. The summed E-state index contributed by atoms with van der Waals surface area (Å²) in [5, 5.41) is 17.3. The molecule has 2 aromatic rings. The topological polar surface area (TPSA) is 97.1 Å². The van der Waals surface area contributed by atoms with E-state index in [1.807, 2.05) is 24.3 Å². The molecule has 8 nitrogen and oxygen atoms in total. The van der Waals surface area contributed by atoms with E-state index in [0.29, 0.717) is 11.3 Å². The van der Waals surface area contributed by atoms with Crippen LogP contribution in [0.25, 0.3) is 0 Å². The second-order valence-electron chi connectivity index (χ2n) is 6.92. The first-order chi connectivity index (χ1) is 14.0. The van der Waals surface area contributed by atoms with Crippen molar-refractivity contribution in [3.8, 4) is 0 Å². The van der Waals surface area contributed by atoms with E-state index in [9.17, 15) is 14.9 Å². The highest BCUT2D eigenvalue weighted by Crippen LogP contribution is 2.22. The molecule has 1 amide bonds. The average molecular weight is 396 g/mol. The number of hydrogen-bond acceptors (Lipinski definition) is 6. The Morgan fingerprint density at radius 2 is 1.93 bits per heavy atom. The lowest BCUT2D eigenvalue weighted by Gasteiger charge is -2.28. The number of nitrogens with zero attached hydrogens (tertiary/aromatic N) is 3. The van der Waals surface area contributed by atoms with E-state index >= 15 is 0 Å². The van der Waals surface area contributed by atoms with Crippen LogP contribution in [0.5, 0.6) is 0 Å². The van der Waals surface area contributed by atoms with Gasteiger partial charge in [-0.1, -0.05) is 17.3 Å². The predicted octanol–water partition coefficient (Wildman–Crippen LogP) is 3.96. The average Bonchev–Trinajstić information content (AvgIpc) is 2.75. The minimum Gasteiger partial charge on any atom is -0.383 e. The molecule has 8 heteroatoms. The number of non-ortho nitro benzene ring substituents is 1. The van der Waals surface area contributed by atoms with Crippen LogP contribution in [0.3, 0.4) is 0 Å². The Balaban J connectivity index is 1.51. The first kappa shape index (κ1) is 20.3. The molecule has 0 saturated carbocycles. The fourth-order valence-electron chi connectivity index (χ4n) is 3.10. The van der Waals surface area contributed by atoms with Crippen LogP contribution in [0.1, 0.15) is 31.7 Å². The largest absolute Gasteiger partial charge is 0.383 e. The van der Waals surface area contributed by atoms with Crippen LogP contribution < -0.4 is 10.2 Å². The molecule has 1 fully saturated rings. The van der Waals surface area contributed by atoms with Gasteiger partial charge < -0.3 is 15.1 Å². The van der Waals surface area contributed by atoms with E-state index in [1.165, 1.54) is 37.6 Å². The van der Waals surface area contributed by atoms with Crippen LogP contribution in [-0.4, -0.2) is 36.2 Å². The minimum absolute atomic E-state index is 0.0345. The minimum atomic E-state index is -0.813. The number of benzene rings is 2. The van der Waals surface area contributed by atoms with Gasteiger partial charge in [0.25, 0.3) is 11.6 Å². The highest BCUT2D eigenvalue weighted by molar-refractivity contribution is 5.94. The van der Waals surface area contributed by atoms with E-state index in [1.54, 1.807) is 19.1 Å². The van der Waals surface area contributed by atoms with Crippen molar-refractivity contribution in [2.75, 3.05) is 23.3 Å². The zero-order chi connectivity index (χ0) is 20.6. The number of rotatable bonds is 7. The van der Waals surface area contributed by atoms with Gasteiger partial charge in [-0.25, -0.2) is 0 Å². The monoisotopic (exact) mass is 396 g/mol. The maximum absolute atomic E-state index is 12.3. The second-order valence-corrected chi connectivity index (χ2v) is 6.92. The molecular weight excluding hydrogens is 372 g/mol. The molecule has 0 radical (unpaired) electrons. The van der Waals surface area contributed by atoms with Gasteiger partial charge in [-0.15, -0.1) is 0 Å². The molecule has 152 valence electrons. The highest BCUT2D eigenvalue weighted by Gasteiger charge is 2.15. The Kier molecular flexibility index (Phi) is 6.78. The molecule has 0 bridgehead atoms. The van der Waals surface area contributed by atoms with Gasteiger partial charge in [-0.2, -0.15) is 0 Å². The first-order valence-corrected chi connectivity index (χ1v) is 9.62. The smallest absolute Gasteiger partial charge is 0.270 e. The van der Waals surface area contributed by atoms with Crippen molar-refractivity contribution in [2.24, 2.45) is 5.16 Å². The number of nitrogens with one attached hydrogen (secondary N) is 1. The maximum Gasteiger partial charge on any atom is 0.270 e. The van der Waals surface area contributed by atoms with E-state index in [-0.39, 0.29) is 11.6 Å². The lowest BCUT2D eigenvalue weighted by atomic mass is 10.1. The summed E-state index contributed by atoms with van der Waals surface area (Å²) < 4.78 is 0. The Hall–Kier alpha value is -3.42. The van der Waals surface area contributed by atoms with Crippen molar-refractivity contribution < 1.29 is 14.6 Å². The SMILES string of the molecule is CC(O/N=C/c1cccc([N+](=O)[O-])c1)C(=O)Nc1ccc(N2CCCCC2)cc1. The van der Waals surface area contributed by atoms with Crippen molar-refractivity contribution in [3.05, 3.63) is 64.2 Å². The van der Waals surface area contributed by atoms with Gasteiger partial charge in [0.05, 0.1) is 11.1 Å². The molecule has 29 heavy (non-hydrogen) atoms. The number of nitro benzene ring substituents is 1. The molecule has 1 N–H and O–H groups in total. The van der Waals surface area contributed by atoms with Crippen molar-refractivity contribution >= 4 is 29.2 Å². The lowest BCUT2D eigenvalue weighted by Crippen LogP contribution is -2.29. The molecule has 3 rings (SSSR count). The predicted molar refractivity (Wildman–Crippen MR) is 112 cm³/mol. The molecule has 1 unspecified atom stereocenters. The number of piperidine rings is 1. The Morgan fingerprint density at radius 1 is 1.21 bits per heavy atom. The Morgan fingerprint density at radius 3 is 2.62 bits per heavy atom. The third-order valence-corrected chi connectivity index (χ3v) is 4.73. The van der Waals surface area contributed by atoms with Crippen LogP contribution in [0, 0.1) is 10.1 Å². The zero-order valence-electron chi connectivity index (χ0n) is 16.3. The van der Waals surface area contributed by atoms with Gasteiger partial charge in [-0.05, 0) is 50.5 Å². The van der Waals surface area contributed by atoms with Crippen LogP contribution in [-0.2, 0) is 9.63 Å². The molecule has 1 saturated heterocycles. The number of anilines is 2. The van der Waals surface area contributed by atoms with Crippen LogP contribution in [0.4, 0.5) is 17.1 Å². The van der Waals surface area contributed by atoms with Gasteiger partial charge in [0.15, 0.2) is 0 Å². The Labute approximate surface area is 169 Å². The molecule has 0 aliphatic carbocycles. The number of carbonyl (C=O) groups excluding carboxylic acids is 1. The van der Waals surface area contributed by atoms with Gasteiger partial charge in [0, 0.05) is 42.2 Å². The van der Waals surface area contributed by atoms with E-state index < -0.39 is 11.0 Å². The van der Waals surface area contributed by atoms with Crippen LogP contribution >= 0.6 is 0 Å². The number of carbonyl (C=O) groups is 1. The molecule has 1 aliphatic heterocycles. The molecule has 1 heterocycles. The fraction of sp³-hybridized carbons (Fsp3) is 0.333. The maximum atomic E-state index is 12.3.